The van der Waals surface area contributed by atoms with Crippen LogP contribution in [0.5, 0.6) is 0 Å². The molecule has 13 nitrogen and oxygen atoms in total. The molecule has 0 radical (unpaired) electrons. The van der Waals surface area contributed by atoms with Crippen LogP contribution in [0.1, 0.15) is 64.5 Å². The van der Waals surface area contributed by atoms with Gasteiger partial charge in [-0.3, -0.25) is 0 Å². The number of amidine groups is 1. The molecule has 0 saturated carbocycles. The minimum Gasteiger partial charge on any atom is -0.412 e. The maximum atomic E-state index is 12.4. The molecule has 2 aliphatic carbocycles. The van der Waals surface area contributed by atoms with Gasteiger partial charge in [0.15, 0.2) is 0 Å². The molecule has 0 aliphatic heterocycles. The standard InChI is InChI=1S/C16H18N4O2.C16H20N4O2.H2O.2W/c1-10-11(2)18-20(3)14(10)16-17-15(19-22-16)13-7-5-6-12(8-13)9-21-4;1-10-11(2)19-20(3)14(10)16(21)18-15(17)13-7-5-6-12(8-13)9-22-4;;;/h6,8H,5,7H2,1-4H3;6,8H,5,7H2,1-4H3,(H2,17,18,21);1H2;;. The van der Waals surface area contributed by atoms with Gasteiger partial charge in [-0.25, -0.2) is 0 Å². The van der Waals surface area contributed by atoms with Gasteiger partial charge >= 0.3 is 292 Å². The van der Waals surface area contributed by atoms with Crippen LogP contribution in [0.25, 0.3) is 17.2 Å². The van der Waals surface area contributed by atoms with Gasteiger partial charge in [0.05, 0.1) is 0 Å². The van der Waals surface area contributed by atoms with Gasteiger partial charge in [0, 0.05) is 0 Å². The molecule has 2 aliphatic rings. The zero-order valence-corrected chi connectivity index (χ0v) is 33.6. The van der Waals surface area contributed by atoms with Crippen molar-refractivity contribution in [2.45, 2.75) is 53.4 Å². The fraction of sp³-hybridized carbons (Fsp3) is 0.375. The van der Waals surface area contributed by atoms with E-state index < -0.39 is 0 Å². The van der Waals surface area contributed by atoms with Gasteiger partial charge in [-0.1, -0.05) is 0 Å². The minimum atomic E-state index is -0.300. The summed E-state index contributed by atoms with van der Waals surface area (Å²) in [5, 5.41) is 23.7. The van der Waals surface area contributed by atoms with E-state index in [1.165, 1.54) is 38.7 Å². The largest absolute Gasteiger partial charge is 0.412 e. The summed E-state index contributed by atoms with van der Waals surface area (Å²) < 4.78 is 21.3. The first-order valence-electron chi connectivity index (χ1n) is 14.6. The summed E-state index contributed by atoms with van der Waals surface area (Å²) in [5.41, 5.74) is 9.04. The first-order valence-corrected chi connectivity index (χ1v) is 17.5. The third kappa shape index (κ3) is 8.77. The van der Waals surface area contributed by atoms with Gasteiger partial charge < -0.3 is 5.48 Å². The molecule has 47 heavy (non-hydrogen) atoms. The summed E-state index contributed by atoms with van der Waals surface area (Å²) in [4.78, 5) is 17.0. The number of nitrogens with zero attached hydrogens (tertiary/aromatic N) is 6. The van der Waals surface area contributed by atoms with Crippen LogP contribution in [0.2, 0.25) is 0 Å². The van der Waals surface area contributed by atoms with Crippen molar-refractivity contribution in [3.63, 3.8) is 0 Å². The third-order valence-corrected chi connectivity index (χ3v) is 10.7. The Morgan fingerprint density at radius 3 is 2.04 bits per heavy atom. The number of aromatic nitrogens is 6. The van der Waals surface area contributed by atoms with E-state index in [-0.39, 0.29) is 17.2 Å². The van der Waals surface area contributed by atoms with Crippen molar-refractivity contribution in [2.75, 3.05) is 14.2 Å². The van der Waals surface area contributed by atoms with Crippen molar-refractivity contribution in [3.05, 3.63) is 75.1 Å². The summed E-state index contributed by atoms with van der Waals surface area (Å²) in [7, 11) is 6.97. The van der Waals surface area contributed by atoms with Crippen molar-refractivity contribution in [2.24, 2.45) is 14.1 Å². The molecule has 0 bridgehead atoms. The number of carbonyl (C=O) groups is 1. The smallest absolute Gasteiger partial charge is 0.412 e. The van der Waals surface area contributed by atoms with Gasteiger partial charge in [-0.05, 0) is 0 Å². The van der Waals surface area contributed by atoms with E-state index in [1.807, 2.05) is 40.8 Å². The zero-order chi connectivity index (χ0) is 33.7. The van der Waals surface area contributed by atoms with Crippen molar-refractivity contribution in [1.82, 2.24) is 35.0 Å². The summed E-state index contributed by atoms with van der Waals surface area (Å²) in [6.45, 7) is 7.72. The van der Waals surface area contributed by atoms with E-state index in [2.05, 4.69) is 43.9 Å². The molecular weight excluding hydrogens is 944 g/mol. The quantitative estimate of drug-likeness (QED) is 0.255. The zero-order valence-electron chi connectivity index (χ0n) is 27.8. The third-order valence-electron chi connectivity index (χ3n) is 7.79. The SMILES string of the molecule is CO[C](=[W])C1=CCCC(C(=N)NC(=O)c2c(C)c(C)nn2C)=C1.CO[C](=[W])C1=CCCC(c2noc(-c3c(C)c(C)nn3C)n2)=C1.O. The normalized spacial score (nSPS) is 14.0. The first kappa shape index (κ1) is 38.1. The summed E-state index contributed by atoms with van der Waals surface area (Å²) >= 11 is 2.55. The van der Waals surface area contributed by atoms with Gasteiger partial charge in [0.1, 0.15) is 0 Å². The Kier molecular flexibility index (Phi) is 13.5. The summed E-state index contributed by atoms with van der Waals surface area (Å²) in [6.07, 6.45) is 11.7. The molecule has 0 fully saturated rings. The second kappa shape index (κ2) is 16.7. The van der Waals surface area contributed by atoms with Crippen LogP contribution in [0, 0.1) is 33.1 Å². The number of rotatable bonds is 8. The average Bonchev–Trinajstić information content (AvgIpc) is 3.70. The molecule has 15 heteroatoms. The van der Waals surface area contributed by atoms with Gasteiger partial charge in [0.2, 0.25) is 0 Å². The number of carbonyl (C=O) groups excluding carboxylic acids is 1. The molecule has 4 N–H and O–H groups in total. The van der Waals surface area contributed by atoms with Crippen molar-refractivity contribution in [3.8, 4) is 11.6 Å². The monoisotopic (exact) mass is 984 g/mol. The van der Waals surface area contributed by atoms with E-state index in [9.17, 15) is 4.79 Å². The molecule has 5 rings (SSSR count). The Morgan fingerprint density at radius 2 is 1.49 bits per heavy atom. The predicted molar refractivity (Wildman–Crippen MR) is 172 cm³/mol. The topological polar surface area (TPSA) is 177 Å². The number of hydrogen-bond donors (Lipinski definition) is 2. The van der Waals surface area contributed by atoms with E-state index in [4.69, 9.17) is 19.4 Å². The number of hydrogen-bond acceptors (Lipinski definition) is 9. The Labute approximate surface area is 295 Å². The molecule has 0 unspecified atom stereocenters. The predicted octanol–water partition coefficient (Wildman–Crippen LogP) is 3.40. The molecule has 0 aromatic carbocycles. The summed E-state index contributed by atoms with van der Waals surface area (Å²) in [5.74, 6) is 0.988. The van der Waals surface area contributed by atoms with Crippen LogP contribution in [-0.4, -0.2) is 69.3 Å². The number of methoxy groups -OCH3 is 2. The second-order valence-electron chi connectivity index (χ2n) is 10.8. The van der Waals surface area contributed by atoms with Crippen LogP contribution >= 0.6 is 0 Å². The molecule has 3 aromatic heterocycles. The van der Waals surface area contributed by atoms with E-state index in [0.29, 0.717) is 17.4 Å². The molecular formula is C32H40N8O5W2. The second-order valence-corrected chi connectivity index (χ2v) is 13.5. The van der Waals surface area contributed by atoms with Gasteiger partial charge in [-0.15, -0.1) is 0 Å². The number of nitrogens with one attached hydrogen (secondary N) is 2. The summed E-state index contributed by atoms with van der Waals surface area (Å²) in [6, 6.07) is 0. The van der Waals surface area contributed by atoms with Gasteiger partial charge in [0.25, 0.3) is 0 Å². The fourth-order valence-electron chi connectivity index (χ4n) is 5.14. The maximum absolute atomic E-state index is 12.4. The van der Waals surface area contributed by atoms with Gasteiger partial charge in [-0.2, -0.15) is 0 Å². The Morgan fingerprint density at radius 1 is 0.915 bits per heavy atom. The van der Waals surface area contributed by atoms with Crippen LogP contribution in [0.3, 0.4) is 0 Å². The number of aryl methyl sites for hydroxylation is 4. The van der Waals surface area contributed by atoms with Crippen LogP contribution in [0.15, 0.2) is 45.5 Å². The van der Waals surface area contributed by atoms with Crippen molar-refractivity contribution < 1.29 is 63.0 Å². The number of allylic oxidation sites excluding steroid dienone is 3. The van der Waals surface area contributed by atoms with Crippen LogP contribution in [0.4, 0.5) is 0 Å². The van der Waals surface area contributed by atoms with E-state index >= 15 is 0 Å². The van der Waals surface area contributed by atoms with E-state index in [1.54, 1.807) is 30.6 Å². The van der Waals surface area contributed by atoms with Crippen LogP contribution in [-0.2, 0) is 62.3 Å². The average molecular weight is 984 g/mol. The molecule has 3 heterocycles. The molecule has 0 spiro atoms. The van der Waals surface area contributed by atoms with E-state index in [0.717, 1.165) is 84.4 Å². The first-order chi connectivity index (χ1) is 21.9. The molecule has 1 amide bonds. The van der Waals surface area contributed by atoms with Crippen molar-refractivity contribution in [1.29, 1.82) is 5.41 Å². The maximum Gasteiger partial charge on any atom is -0.412 e. The Balaban J connectivity index is 0.000000250. The number of amides is 1. The molecule has 0 saturated heterocycles. The Hall–Kier alpha value is -3.34. The molecule has 0 atom stereocenters. The Bertz CT molecular complexity index is 1840. The number of ether oxygens (including phenoxy) is 2. The molecule has 250 valence electrons. The van der Waals surface area contributed by atoms with Crippen molar-refractivity contribution >= 4 is 25.5 Å². The fourth-order valence-corrected chi connectivity index (χ4v) is 6.17. The van der Waals surface area contributed by atoms with Crippen LogP contribution < -0.4 is 5.32 Å². The minimum absolute atomic E-state index is 0. The molecule has 3 aromatic rings.